The average Bonchev–Trinajstić information content (AvgIpc) is 2.90. The Hall–Kier alpha value is -4.18. The van der Waals surface area contributed by atoms with Crippen LogP contribution in [0, 0.1) is 0 Å². The smallest absolute Gasteiger partial charge is 0.319 e. The Kier molecular flexibility index (Phi) is 7.74. The van der Waals surface area contributed by atoms with Crippen molar-refractivity contribution in [2.24, 2.45) is 0 Å². The molecule has 10 nitrogen and oxygen atoms in total. The Labute approximate surface area is 203 Å². The van der Waals surface area contributed by atoms with Gasteiger partial charge in [0.2, 0.25) is 0 Å². The standard InChI is InChI=1S/C25H28N6O4/c1-16(32)14-35-25-30-22-21(24(31-25)27-13-18-6-10-20(34-3)11-7-18)28-15-29-23(22)26-12-17-4-8-19(33-2)9-5-17/h4-11,15-16,32H,12-14H2,1-3H3,(H,26,28,29)(H,27,30,31). The molecule has 2 aromatic carbocycles. The lowest BCUT2D eigenvalue weighted by molar-refractivity contribution is 0.117. The molecule has 0 amide bonds. The van der Waals surface area contributed by atoms with Crippen molar-refractivity contribution in [3.63, 3.8) is 0 Å². The van der Waals surface area contributed by atoms with Gasteiger partial charge in [0.1, 0.15) is 35.5 Å². The molecule has 0 saturated heterocycles. The first-order valence-corrected chi connectivity index (χ1v) is 11.1. The monoisotopic (exact) mass is 476 g/mol. The highest BCUT2D eigenvalue weighted by atomic mass is 16.5. The third-order valence-electron chi connectivity index (χ3n) is 5.15. The summed E-state index contributed by atoms with van der Waals surface area (Å²) in [5.74, 6) is 2.63. The summed E-state index contributed by atoms with van der Waals surface area (Å²) < 4.78 is 16.1. The van der Waals surface area contributed by atoms with Gasteiger partial charge in [0.25, 0.3) is 0 Å². The lowest BCUT2D eigenvalue weighted by Crippen LogP contribution is -2.15. The second kappa shape index (κ2) is 11.3. The van der Waals surface area contributed by atoms with Crippen LogP contribution in [0.3, 0.4) is 0 Å². The summed E-state index contributed by atoms with van der Waals surface area (Å²) in [6, 6.07) is 15.6. The Bertz CT molecular complexity index is 1250. The number of nitrogens with one attached hydrogen (secondary N) is 2. The SMILES string of the molecule is COc1ccc(CNc2nc(OCC(C)O)nc3c(NCc4ccc(OC)cc4)ncnc23)cc1. The van der Waals surface area contributed by atoms with Gasteiger partial charge in [-0.3, -0.25) is 0 Å². The van der Waals surface area contributed by atoms with Crippen LogP contribution in [0.2, 0.25) is 0 Å². The normalized spacial score (nSPS) is 11.7. The lowest BCUT2D eigenvalue weighted by atomic mass is 10.2. The maximum absolute atomic E-state index is 9.64. The van der Waals surface area contributed by atoms with Crippen molar-refractivity contribution in [1.29, 1.82) is 0 Å². The van der Waals surface area contributed by atoms with Crippen LogP contribution in [0.1, 0.15) is 18.1 Å². The first-order chi connectivity index (χ1) is 17.1. The molecule has 0 bridgehead atoms. The minimum Gasteiger partial charge on any atom is -0.497 e. The van der Waals surface area contributed by atoms with E-state index >= 15 is 0 Å². The number of aromatic nitrogens is 4. The number of aliphatic hydroxyl groups excluding tert-OH is 1. The summed E-state index contributed by atoms with van der Waals surface area (Å²) >= 11 is 0. The molecular weight excluding hydrogens is 448 g/mol. The summed E-state index contributed by atoms with van der Waals surface area (Å²) in [7, 11) is 3.27. The zero-order valence-electron chi connectivity index (χ0n) is 19.9. The number of aliphatic hydroxyl groups is 1. The number of benzene rings is 2. The van der Waals surface area contributed by atoms with Gasteiger partial charge in [-0.15, -0.1) is 0 Å². The van der Waals surface area contributed by atoms with Crippen molar-refractivity contribution in [2.45, 2.75) is 26.1 Å². The molecule has 0 fully saturated rings. The third-order valence-corrected chi connectivity index (χ3v) is 5.15. The average molecular weight is 477 g/mol. The highest BCUT2D eigenvalue weighted by molar-refractivity contribution is 5.92. The minimum atomic E-state index is -0.662. The predicted octanol–water partition coefficient (Wildman–Crippen LogP) is 3.42. The molecule has 35 heavy (non-hydrogen) atoms. The zero-order chi connectivity index (χ0) is 24.6. The highest BCUT2D eigenvalue weighted by Gasteiger charge is 2.15. The van der Waals surface area contributed by atoms with Crippen molar-refractivity contribution < 1.29 is 19.3 Å². The molecule has 0 aliphatic rings. The molecule has 1 unspecified atom stereocenters. The molecule has 4 aromatic rings. The molecule has 0 spiro atoms. The minimum absolute atomic E-state index is 0.0612. The molecule has 182 valence electrons. The van der Waals surface area contributed by atoms with Gasteiger partial charge in [-0.25, -0.2) is 9.97 Å². The van der Waals surface area contributed by atoms with E-state index in [4.69, 9.17) is 14.2 Å². The van der Waals surface area contributed by atoms with Crippen molar-refractivity contribution >= 4 is 22.7 Å². The largest absolute Gasteiger partial charge is 0.497 e. The van der Waals surface area contributed by atoms with Crippen LogP contribution in [0.4, 0.5) is 11.6 Å². The van der Waals surface area contributed by atoms with Crippen LogP contribution in [0.25, 0.3) is 11.0 Å². The Morgan fingerprint density at radius 3 is 1.89 bits per heavy atom. The van der Waals surface area contributed by atoms with Crippen molar-refractivity contribution in [3.05, 3.63) is 66.0 Å². The number of fused-ring (bicyclic) bond motifs is 1. The number of hydrogen-bond acceptors (Lipinski definition) is 10. The van der Waals surface area contributed by atoms with Gasteiger partial charge in [0.05, 0.1) is 20.3 Å². The number of rotatable bonds is 11. The van der Waals surface area contributed by atoms with Crippen LogP contribution < -0.4 is 24.8 Å². The fraction of sp³-hybridized carbons (Fsp3) is 0.280. The van der Waals surface area contributed by atoms with E-state index in [0.717, 1.165) is 22.6 Å². The maximum Gasteiger partial charge on any atom is 0.319 e. The first-order valence-electron chi connectivity index (χ1n) is 11.1. The summed E-state index contributed by atoms with van der Waals surface area (Å²) in [4.78, 5) is 17.8. The van der Waals surface area contributed by atoms with Gasteiger partial charge >= 0.3 is 6.01 Å². The summed E-state index contributed by atoms with van der Waals surface area (Å²) in [6.45, 7) is 2.73. The molecule has 0 aliphatic heterocycles. The van der Waals surface area contributed by atoms with Crippen LogP contribution >= 0.6 is 0 Å². The van der Waals surface area contributed by atoms with Gasteiger partial charge in [-0.1, -0.05) is 24.3 Å². The number of methoxy groups -OCH3 is 2. The molecule has 4 rings (SSSR count). The van der Waals surface area contributed by atoms with E-state index in [9.17, 15) is 5.11 Å². The van der Waals surface area contributed by atoms with E-state index in [-0.39, 0.29) is 12.6 Å². The second-order valence-corrected chi connectivity index (χ2v) is 7.84. The maximum atomic E-state index is 9.64. The van der Waals surface area contributed by atoms with Crippen LogP contribution in [0.5, 0.6) is 17.5 Å². The fourth-order valence-corrected chi connectivity index (χ4v) is 3.30. The number of hydrogen-bond donors (Lipinski definition) is 3. The second-order valence-electron chi connectivity index (χ2n) is 7.84. The molecular formula is C25H28N6O4. The topological polar surface area (TPSA) is 124 Å². The number of ether oxygens (including phenoxy) is 3. The lowest BCUT2D eigenvalue weighted by Gasteiger charge is -2.14. The Balaban J connectivity index is 1.61. The van der Waals surface area contributed by atoms with E-state index in [1.165, 1.54) is 6.33 Å². The van der Waals surface area contributed by atoms with Crippen molar-refractivity contribution in [3.8, 4) is 17.5 Å². The quantitative estimate of drug-likeness (QED) is 0.297. The van der Waals surface area contributed by atoms with E-state index in [1.54, 1.807) is 21.1 Å². The van der Waals surface area contributed by atoms with Gasteiger partial charge in [-0.2, -0.15) is 9.97 Å². The Morgan fingerprint density at radius 2 is 1.34 bits per heavy atom. The van der Waals surface area contributed by atoms with Crippen LogP contribution in [0.15, 0.2) is 54.9 Å². The summed E-state index contributed by atoms with van der Waals surface area (Å²) in [5.41, 5.74) is 3.15. The van der Waals surface area contributed by atoms with Crippen LogP contribution in [-0.4, -0.2) is 52.0 Å². The molecule has 0 saturated carbocycles. The van der Waals surface area contributed by atoms with Gasteiger partial charge < -0.3 is 30.0 Å². The van der Waals surface area contributed by atoms with Gasteiger partial charge in [-0.05, 0) is 42.3 Å². The van der Waals surface area contributed by atoms with Crippen molar-refractivity contribution in [2.75, 3.05) is 31.5 Å². The first kappa shape index (κ1) is 24.0. The van der Waals surface area contributed by atoms with Crippen LogP contribution in [-0.2, 0) is 13.1 Å². The molecule has 0 radical (unpaired) electrons. The molecule has 10 heteroatoms. The fourth-order valence-electron chi connectivity index (χ4n) is 3.30. The van der Waals surface area contributed by atoms with E-state index in [0.29, 0.717) is 35.8 Å². The molecule has 3 N–H and O–H groups in total. The molecule has 2 heterocycles. The highest BCUT2D eigenvalue weighted by Crippen LogP contribution is 2.26. The van der Waals surface area contributed by atoms with E-state index in [2.05, 4.69) is 30.6 Å². The van der Waals surface area contributed by atoms with E-state index < -0.39 is 6.10 Å². The molecule has 1 atom stereocenters. The van der Waals surface area contributed by atoms with Crippen molar-refractivity contribution in [1.82, 2.24) is 19.9 Å². The summed E-state index contributed by atoms with van der Waals surface area (Å²) in [5, 5.41) is 16.3. The van der Waals surface area contributed by atoms with E-state index in [1.807, 2.05) is 48.5 Å². The third kappa shape index (κ3) is 6.24. The molecule has 2 aromatic heterocycles. The number of nitrogens with zero attached hydrogens (tertiary/aromatic N) is 4. The zero-order valence-corrected chi connectivity index (χ0v) is 19.9. The Morgan fingerprint density at radius 1 is 0.771 bits per heavy atom. The van der Waals surface area contributed by atoms with Gasteiger partial charge in [0, 0.05) is 13.1 Å². The predicted molar refractivity (Wildman–Crippen MR) is 133 cm³/mol. The number of anilines is 2. The van der Waals surface area contributed by atoms with Gasteiger partial charge in [0.15, 0.2) is 11.6 Å². The summed E-state index contributed by atoms with van der Waals surface area (Å²) in [6.07, 6.45) is 0.807. The molecule has 0 aliphatic carbocycles.